The van der Waals surface area contributed by atoms with E-state index in [1.807, 2.05) is 0 Å². The lowest BCUT2D eigenvalue weighted by atomic mass is 9.83. The maximum Gasteiger partial charge on any atom is 0.122 e. The summed E-state index contributed by atoms with van der Waals surface area (Å²) < 4.78 is 0. The van der Waals surface area contributed by atoms with E-state index < -0.39 is 5.60 Å². The van der Waals surface area contributed by atoms with Gasteiger partial charge in [0, 0.05) is 12.5 Å². The summed E-state index contributed by atoms with van der Waals surface area (Å²) in [7, 11) is 0. The topological polar surface area (TPSA) is 49.3 Å². The van der Waals surface area contributed by atoms with E-state index in [9.17, 15) is 9.90 Å². The van der Waals surface area contributed by atoms with Crippen molar-refractivity contribution in [1.29, 1.82) is 0 Å². The van der Waals surface area contributed by atoms with Crippen LogP contribution >= 0.6 is 0 Å². The molecule has 0 spiro atoms. The monoisotopic (exact) mass is 185 g/mol. The first-order chi connectivity index (χ1) is 6.06. The van der Waals surface area contributed by atoms with Crippen molar-refractivity contribution in [3.05, 3.63) is 0 Å². The fraction of sp³-hybridized carbons (Fsp3) is 0.900. The van der Waals surface area contributed by atoms with Gasteiger partial charge in [0.2, 0.25) is 0 Å². The van der Waals surface area contributed by atoms with Crippen LogP contribution in [0.5, 0.6) is 0 Å². The first-order valence-electron chi connectivity index (χ1n) is 4.95. The summed E-state index contributed by atoms with van der Waals surface area (Å²) in [6.07, 6.45) is 3.13. The number of carbonyl (C=O) groups is 1. The molecule has 1 heterocycles. The normalized spacial score (nSPS) is 33.8. The Hall–Kier alpha value is -0.410. The van der Waals surface area contributed by atoms with Crippen LogP contribution in [0, 0.1) is 5.92 Å². The Balaban J connectivity index is 2.53. The van der Waals surface area contributed by atoms with Crippen LogP contribution in [-0.4, -0.2) is 29.6 Å². The van der Waals surface area contributed by atoms with E-state index in [4.69, 9.17) is 0 Å². The molecule has 3 nitrogen and oxygen atoms in total. The predicted octanol–water partition coefficient (Wildman–Crippen LogP) is 0.715. The largest absolute Gasteiger partial charge is 0.388 e. The summed E-state index contributed by atoms with van der Waals surface area (Å²) in [6, 6.07) is 0.0708. The molecule has 13 heavy (non-hydrogen) atoms. The summed E-state index contributed by atoms with van der Waals surface area (Å²) >= 11 is 0. The SMILES string of the molecule is CC1CCNC(C(C)(O)CC=O)C1. The van der Waals surface area contributed by atoms with Crippen LogP contribution in [0.15, 0.2) is 0 Å². The van der Waals surface area contributed by atoms with Crippen LogP contribution in [0.25, 0.3) is 0 Å². The molecule has 0 saturated carbocycles. The molecule has 0 aliphatic carbocycles. The lowest BCUT2D eigenvalue weighted by Gasteiger charge is -2.37. The Morgan fingerprint density at radius 2 is 2.38 bits per heavy atom. The Morgan fingerprint density at radius 3 is 2.92 bits per heavy atom. The minimum absolute atomic E-state index is 0.0708. The lowest BCUT2D eigenvalue weighted by molar-refractivity contribution is -0.113. The van der Waals surface area contributed by atoms with Crippen LogP contribution in [0.1, 0.15) is 33.1 Å². The van der Waals surface area contributed by atoms with Gasteiger partial charge in [0.15, 0.2) is 0 Å². The summed E-state index contributed by atoms with van der Waals surface area (Å²) in [5.74, 6) is 0.643. The molecule has 0 aromatic rings. The summed E-state index contributed by atoms with van der Waals surface area (Å²) in [4.78, 5) is 10.4. The van der Waals surface area contributed by atoms with E-state index in [0.29, 0.717) is 5.92 Å². The van der Waals surface area contributed by atoms with Crippen LogP contribution < -0.4 is 5.32 Å². The molecule has 76 valence electrons. The molecule has 0 amide bonds. The first kappa shape index (κ1) is 10.7. The number of rotatable bonds is 3. The minimum Gasteiger partial charge on any atom is -0.388 e. The Morgan fingerprint density at radius 1 is 1.69 bits per heavy atom. The number of hydrogen-bond donors (Lipinski definition) is 2. The maximum absolute atomic E-state index is 10.4. The number of aldehydes is 1. The van der Waals surface area contributed by atoms with E-state index in [1.165, 1.54) is 0 Å². The van der Waals surface area contributed by atoms with Gasteiger partial charge in [-0.05, 0) is 32.2 Å². The molecule has 0 aromatic carbocycles. The lowest BCUT2D eigenvalue weighted by Crippen LogP contribution is -2.52. The third-order valence-electron chi connectivity index (χ3n) is 2.91. The van der Waals surface area contributed by atoms with Crippen molar-refractivity contribution in [3.8, 4) is 0 Å². The molecule has 0 aromatic heterocycles. The molecule has 0 radical (unpaired) electrons. The molecule has 1 saturated heterocycles. The highest BCUT2D eigenvalue weighted by Gasteiger charge is 2.34. The third kappa shape index (κ3) is 2.78. The molecule has 1 aliphatic heterocycles. The van der Waals surface area contributed by atoms with Crippen LogP contribution in [-0.2, 0) is 4.79 Å². The molecule has 0 bridgehead atoms. The zero-order valence-electron chi connectivity index (χ0n) is 8.42. The van der Waals surface area contributed by atoms with Gasteiger partial charge in [-0.1, -0.05) is 6.92 Å². The fourth-order valence-corrected chi connectivity index (χ4v) is 1.89. The number of piperidine rings is 1. The van der Waals surface area contributed by atoms with Crippen molar-refractivity contribution >= 4 is 6.29 Å². The van der Waals surface area contributed by atoms with E-state index in [2.05, 4.69) is 12.2 Å². The van der Waals surface area contributed by atoms with Gasteiger partial charge in [0.25, 0.3) is 0 Å². The highest BCUT2D eigenvalue weighted by molar-refractivity contribution is 5.51. The van der Waals surface area contributed by atoms with Crippen molar-refractivity contribution < 1.29 is 9.90 Å². The molecule has 3 heteroatoms. The van der Waals surface area contributed by atoms with Crippen molar-refractivity contribution in [2.45, 2.75) is 44.8 Å². The van der Waals surface area contributed by atoms with Crippen molar-refractivity contribution in [2.24, 2.45) is 5.92 Å². The summed E-state index contributed by atoms with van der Waals surface area (Å²) in [6.45, 7) is 4.86. The van der Waals surface area contributed by atoms with Gasteiger partial charge in [0.05, 0.1) is 5.60 Å². The molecular formula is C10H19NO2. The van der Waals surface area contributed by atoms with E-state index in [1.54, 1.807) is 6.92 Å². The summed E-state index contributed by atoms with van der Waals surface area (Å²) in [5.41, 5.74) is -0.879. The quantitative estimate of drug-likeness (QED) is 0.637. The van der Waals surface area contributed by atoms with Crippen LogP contribution in [0.4, 0.5) is 0 Å². The summed E-state index contributed by atoms with van der Waals surface area (Å²) in [5, 5.41) is 13.2. The van der Waals surface area contributed by atoms with Crippen molar-refractivity contribution in [1.82, 2.24) is 5.32 Å². The Labute approximate surface area is 79.5 Å². The molecule has 2 N–H and O–H groups in total. The molecule has 3 unspecified atom stereocenters. The van der Waals surface area contributed by atoms with Crippen LogP contribution in [0.2, 0.25) is 0 Å². The second-order valence-corrected chi connectivity index (χ2v) is 4.36. The van der Waals surface area contributed by atoms with E-state index in [-0.39, 0.29) is 12.5 Å². The molecule has 1 fully saturated rings. The average molecular weight is 185 g/mol. The Bertz CT molecular complexity index is 180. The highest BCUT2D eigenvalue weighted by atomic mass is 16.3. The Kier molecular flexibility index (Phi) is 3.45. The predicted molar refractivity (Wildman–Crippen MR) is 51.5 cm³/mol. The fourth-order valence-electron chi connectivity index (χ4n) is 1.89. The minimum atomic E-state index is -0.879. The highest BCUT2D eigenvalue weighted by Crippen LogP contribution is 2.24. The zero-order valence-corrected chi connectivity index (χ0v) is 8.42. The van der Waals surface area contributed by atoms with Gasteiger partial charge in [0.1, 0.15) is 6.29 Å². The van der Waals surface area contributed by atoms with Gasteiger partial charge in [-0.25, -0.2) is 0 Å². The van der Waals surface area contributed by atoms with E-state index >= 15 is 0 Å². The number of hydrogen-bond acceptors (Lipinski definition) is 3. The standard InChI is InChI=1S/C10H19NO2/c1-8-3-5-11-9(7-8)10(2,13)4-6-12/h6,8-9,11,13H,3-5,7H2,1-2H3. The second-order valence-electron chi connectivity index (χ2n) is 4.36. The van der Waals surface area contributed by atoms with Gasteiger partial charge < -0.3 is 15.2 Å². The molecule has 3 atom stereocenters. The third-order valence-corrected chi connectivity index (χ3v) is 2.91. The number of aliphatic hydroxyl groups is 1. The maximum atomic E-state index is 10.4. The molecule has 1 rings (SSSR count). The van der Waals surface area contributed by atoms with Gasteiger partial charge in [-0.2, -0.15) is 0 Å². The average Bonchev–Trinajstić information content (AvgIpc) is 2.04. The smallest absolute Gasteiger partial charge is 0.122 e. The molecular weight excluding hydrogens is 166 g/mol. The van der Waals surface area contributed by atoms with Gasteiger partial charge in [-0.3, -0.25) is 0 Å². The van der Waals surface area contributed by atoms with Crippen molar-refractivity contribution in [3.63, 3.8) is 0 Å². The number of nitrogens with one attached hydrogen (secondary N) is 1. The first-order valence-corrected chi connectivity index (χ1v) is 4.95. The van der Waals surface area contributed by atoms with E-state index in [0.717, 1.165) is 25.7 Å². The number of carbonyl (C=O) groups excluding carboxylic acids is 1. The molecule has 1 aliphatic rings. The van der Waals surface area contributed by atoms with Crippen LogP contribution in [0.3, 0.4) is 0 Å². The van der Waals surface area contributed by atoms with Gasteiger partial charge >= 0.3 is 0 Å². The van der Waals surface area contributed by atoms with Crippen molar-refractivity contribution in [2.75, 3.05) is 6.54 Å². The van der Waals surface area contributed by atoms with Gasteiger partial charge in [-0.15, -0.1) is 0 Å². The zero-order chi connectivity index (χ0) is 9.90. The second kappa shape index (κ2) is 4.20.